The molecule has 32 nitrogen and oxygen atoms in total. The second-order valence-electron chi connectivity index (χ2n) is 41.4. The summed E-state index contributed by atoms with van der Waals surface area (Å²) in [5.74, 6) is 0.216. The lowest BCUT2D eigenvalue weighted by atomic mass is 9.81. The van der Waals surface area contributed by atoms with Crippen molar-refractivity contribution in [1.82, 2.24) is 84.8 Å². The molecule has 0 aliphatic carbocycles. The molecule has 4 aliphatic rings. The summed E-state index contributed by atoms with van der Waals surface area (Å²) in [6, 6.07) is 19.5. The van der Waals surface area contributed by atoms with E-state index >= 15 is 0 Å². The van der Waals surface area contributed by atoms with E-state index in [0.29, 0.717) is 81.5 Å². The summed E-state index contributed by atoms with van der Waals surface area (Å²) < 4.78 is 117. The van der Waals surface area contributed by atoms with E-state index < -0.39 is 80.7 Å². The number of halogens is 5. The molecule has 4 saturated heterocycles. The van der Waals surface area contributed by atoms with Crippen LogP contribution < -0.4 is 5.46 Å². The standard InChI is InChI=1S/C24H32ClN5O3SSi.C19H35BClNO2Si.C17H17ClN6O2S.C16H21ClN4OSi.C12H18ClN3OSi.C7H10N2O2S/c1-5-34(31,32)30-16-24(17-30,8-9-26)29-14-21(22(25)15-29)19-6-10-27-23-20(19)7-11-28(23)18-33-12-13-35(2,3)4;1-13(2)25(14(3)4,15(5)6)22-11-16(17(21)12-22)20-23-18(7,8)19(9,10)24-20;1-2-27(25,26)24-9-17(10-24,4-5-19)23-7-13(14(18)8-23)15-12-3-6-20-16(12)22-11-21-15;1-23(2,3)7-6-22-11-21-5-4-12-15(19-10-20-16(12)21)13-8-18-9-14(13)17;1-18(2,3)7-6-17-9-16-5-4-10-11(13)14-8-15-12(10)16;1-2-12(10,11)9-5-7(6-9)3-4-8/h6-7,10-11,14-15H,5,8,12-13,16-18H2,1-4H3;11-15H,1-10H3;3,6-8,11H,2,4,9-10H2,1H3,(H,20,21,22);4-5,8-10,18H,6-7,11H2,1-3H3;4-5,8H,6-7,9H2,1-3H3;3H,2,5-6H2,1H3. The molecule has 12 aromatic rings. The maximum absolute atomic E-state index is 12.3. The molecule has 0 bridgehead atoms. The van der Waals surface area contributed by atoms with Crippen LogP contribution in [0.5, 0.6) is 0 Å². The third-order valence-electron chi connectivity index (χ3n) is 26.4. The van der Waals surface area contributed by atoms with Gasteiger partial charge in [-0.15, -0.1) is 0 Å². The highest BCUT2D eigenvalue weighted by atomic mass is 35.5. The zero-order valence-electron chi connectivity index (χ0n) is 84.3. The number of nitrogens with zero attached hydrogens (tertiary/aromatic N) is 19. The molecule has 0 radical (unpaired) electrons. The summed E-state index contributed by atoms with van der Waals surface area (Å²) in [5, 5.41) is 33.6. The fourth-order valence-corrected chi connectivity index (χ4v) is 31.1. The highest BCUT2D eigenvalue weighted by molar-refractivity contribution is 7.89. The van der Waals surface area contributed by atoms with E-state index in [2.05, 4.69) is 202 Å². The first-order valence-corrected chi connectivity index (χ1v) is 67.0. The number of fused-ring (bicyclic) bond motifs is 4. The molecule has 4 aliphatic heterocycles. The van der Waals surface area contributed by atoms with Gasteiger partial charge in [0.05, 0.1) is 107 Å². The molecule has 16 rings (SSSR count). The summed E-state index contributed by atoms with van der Waals surface area (Å²) in [6.45, 7) is 53.9. The molecule has 756 valence electrons. The summed E-state index contributed by atoms with van der Waals surface area (Å²) in [4.78, 5) is 36.1. The van der Waals surface area contributed by atoms with E-state index in [4.69, 9.17) is 86.8 Å². The van der Waals surface area contributed by atoms with Gasteiger partial charge < -0.3 is 60.6 Å². The Morgan fingerprint density at radius 3 is 1.39 bits per heavy atom. The van der Waals surface area contributed by atoms with Gasteiger partial charge in [-0.1, -0.05) is 158 Å². The van der Waals surface area contributed by atoms with Crippen LogP contribution in [0.2, 0.25) is 119 Å². The number of hydrogen-bond donors (Lipinski definition) is 2. The number of nitrogens with one attached hydrogen (secondary N) is 2. The predicted octanol–water partition coefficient (Wildman–Crippen LogP) is 20.5. The summed E-state index contributed by atoms with van der Waals surface area (Å²) in [7, 11) is -15.1. The first-order chi connectivity index (χ1) is 65.7. The van der Waals surface area contributed by atoms with E-state index in [1.807, 2.05) is 96.4 Å². The van der Waals surface area contributed by atoms with Gasteiger partial charge in [0.15, 0.2) is 8.24 Å². The molecule has 140 heavy (non-hydrogen) atoms. The van der Waals surface area contributed by atoms with Gasteiger partial charge in [0.1, 0.15) is 66.9 Å². The first-order valence-electron chi connectivity index (χ1n) is 47.0. The largest absolute Gasteiger partial charge is 0.497 e. The van der Waals surface area contributed by atoms with E-state index in [1.54, 1.807) is 58.1 Å². The van der Waals surface area contributed by atoms with Gasteiger partial charge in [-0.25, -0.2) is 60.1 Å². The molecule has 4 fully saturated rings. The number of rotatable bonds is 33. The van der Waals surface area contributed by atoms with E-state index in [-0.39, 0.29) is 67.5 Å². The van der Waals surface area contributed by atoms with Gasteiger partial charge in [0, 0.05) is 202 Å². The number of hydrogen-bond acceptors (Lipinski definition) is 21. The molecule has 0 aromatic carbocycles. The van der Waals surface area contributed by atoms with Crippen LogP contribution in [0, 0.1) is 34.0 Å². The zero-order valence-corrected chi connectivity index (χ0v) is 94.5. The number of pyridine rings is 1. The number of aromatic nitrogens is 15. The van der Waals surface area contributed by atoms with E-state index in [1.165, 1.54) is 37.7 Å². The van der Waals surface area contributed by atoms with Crippen LogP contribution in [0.3, 0.4) is 0 Å². The maximum Gasteiger partial charge on any atom is 0.497 e. The topological polar surface area (TPSA) is 381 Å². The highest BCUT2D eigenvalue weighted by Crippen LogP contribution is 2.47. The Bertz CT molecular complexity index is 6800. The number of H-pyrrole nitrogens is 2. The maximum atomic E-state index is 12.3. The second-order valence-corrected chi connectivity index (χ2v) is 72.7. The van der Waals surface area contributed by atoms with Crippen molar-refractivity contribution in [2.45, 2.75) is 239 Å². The fourth-order valence-electron chi connectivity index (χ4n) is 17.5. The Hall–Kier alpha value is -8.21. The van der Waals surface area contributed by atoms with Crippen LogP contribution in [-0.2, 0) is 84.9 Å². The minimum Gasteiger partial charge on any atom is -0.399 e. The van der Waals surface area contributed by atoms with Crippen molar-refractivity contribution in [1.29, 1.82) is 15.8 Å². The number of ether oxygens (including phenoxy) is 3. The summed E-state index contributed by atoms with van der Waals surface area (Å²) in [5.41, 5.74) is 9.82. The van der Waals surface area contributed by atoms with Crippen molar-refractivity contribution in [3.05, 3.63) is 167 Å². The van der Waals surface area contributed by atoms with Crippen LogP contribution in [0.15, 0.2) is 142 Å². The van der Waals surface area contributed by atoms with Crippen LogP contribution in [-0.4, -0.2) is 237 Å². The molecule has 45 heteroatoms. The van der Waals surface area contributed by atoms with E-state index in [9.17, 15) is 35.8 Å². The molecule has 0 atom stereocenters. The monoisotopic (exact) mass is 2140 g/mol. The molecule has 0 amide bonds. The van der Waals surface area contributed by atoms with Crippen LogP contribution in [0.25, 0.3) is 77.8 Å². The molecule has 0 saturated carbocycles. The molecular formula is C95H133BCl5N21O11S3Si4. The Kier molecular flexibility index (Phi) is 36.9. The number of nitriles is 3. The summed E-state index contributed by atoms with van der Waals surface area (Å²) in [6.07, 6.45) is 31.0. The van der Waals surface area contributed by atoms with Crippen molar-refractivity contribution in [2.75, 3.05) is 76.3 Å². The fraction of sp³-hybridized carbons (Fsp3) is 0.516. The molecule has 2 N–H and O–H groups in total. The van der Waals surface area contributed by atoms with Gasteiger partial charge in [-0.3, -0.25) is 0 Å². The Morgan fingerprint density at radius 2 is 0.929 bits per heavy atom. The number of sulfonamides is 3. The quantitative estimate of drug-likeness (QED) is 0.0167. The zero-order chi connectivity index (χ0) is 103. The molecular weight excluding hydrogens is 2010 g/mol. The average molecular weight is 2140 g/mol. The minimum atomic E-state index is -3.30. The Balaban J connectivity index is 0.000000165. The molecule has 0 unspecified atom stereocenters. The first kappa shape index (κ1) is 112. The third kappa shape index (κ3) is 26.0. The van der Waals surface area contributed by atoms with Gasteiger partial charge in [-0.05, 0) is 131 Å². The van der Waals surface area contributed by atoms with Crippen molar-refractivity contribution in [3.63, 3.8) is 0 Å². The van der Waals surface area contributed by atoms with Gasteiger partial charge in [0.25, 0.3) is 0 Å². The lowest BCUT2D eigenvalue weighted by Gasteiger charge is -2.48. The van der Waals surface area contributed by atoms with Gasteiger partial charge >= 0.3 is 7.12 Å². The molecule has 16 heterocycles. The molecule has 12 aromatic heterocycles. The summed E-state index contributed by atoms with van der Waals surface area (Å²) >= 11 is 32.0. The average Bonchev–Trinajstić information content (AvgIpc) is 1.48. The minimum absolute atomic E-state index is 0.0414. The van der Waals surface area contributed by atoms with Crippen molar-refractivity contribution in [2.24, 2.45) is 0 Å². The van der Waals surface area contributed by atoms with Crippen molar-refractivity contribution >= 4 is 177 Å². The normalized spacial score (nSPS) is 16.1. The van der Waals surface area contributed by atoms with Crippen LogP contribution in [0.1, 0.15) is 103 Å². The van der Waals surface area contributed by atoms with Gasteiger partial charge in [0.2, 0.25) is 30.1 Å². The van der Waals surface area contributed by atoms with Crippen molar-refractivity contribution in [3.8, 4) is 51.8 Å². The number of aromatic amines is 2. The molecule has 0 spiro atoms. The smallest absolute Gasteiger partial charge is 0.399 e. The van der Waals surface area contributed by atoms with Crippen LogP contribution in [0.4, 0.5) is 0 Å². The highest BCUT2D eigenvalue weighted by Gasteiger charge is 2.55. The second kappa shape index (κ2) is 46.0. The third-order valence-corrected chi connectivity index (χ3v) is 45.1. The van der Waals surface area contributed by atoms with Gasteiger partial charge in [-0.2, -0.15) is 28.7 Å². The lowest BCUT2D eigenvalue weighted by Crippen LogP contribution is -2.63. The predicted molar refractivity (Wildman–Crippen MR) is 572 cm³/mol. The Labute approximate surface area is 853 Å². The lowest BCUT2D eigenvalue weighted by molar-refractivity contribution is 0.00578. The van der Waals surface area contributed by atoms with E-state index in [0.717, 1.165) is 114 Å². The number of allylic oxidation sites excluding steroid dienone is 1. The SMILES string of the molecule is CC(C)[Si](C(C)C)(C(C)C)n1cc(Cl)c(B2OC(C)(C)C(C)(C)O2)c1.CCS(=O)(=O)N1CC(=CC#N)C1.CCS(=O)(=O)N1CC(CC#N)(n2cc(Cl)c(-c3ccnc4c3ccn4COCC[Si](C)(C)C)c2)C1.CCS(=O)(=O)N1CC(CC#N)(n2cc(Cl)c(-c3ncnc4[nH]ccc34)c2)C1.C[Si](C)(C)CCOCn1ccc2c(-c3c[nH]cc3Cl)ncnc21.C[Si](C)(C)CCOCn1ccc2c(Cl)ncnc21. The van der Waals surface area contributed by atoms with Crippen molar-refractivity contribution < 1.29 is 48.8 Å². The Morgan fingerprint density at radius 1 is 0.493 bits per heavy atom. The van der Waals surface area contributed by atoms with Crippen LogP contribution >= 0.6 is 58.0 Å².